The summed E-state index contributed by atoms with van der Waals surface area (Å²) in [5.74, 6) is 0.595. The molecular formula is C14H20O2. The van der Waals surface area contributed by atoms with E-state index in [4.69, 9.17) is 4.74 Å². The van der Waals surface area contributed by atoms with E-state index in [1.165, 1.54) is 0 Å². The van der Waals surface area contributed by atoms with Crippen molar-refractivity contribution in [3.63, 3.8) is 0 Å². The Morgan fingerprint density at radius 3 is 2.62 bits per heavy atom. The summed E-state index contributed by atoms with van der Waals surface area (Å²) in [5, 5.41) is 0. The van der Waals surface area contributed by atoms with Crippen molar-refractivity contribution in [2.75, 3.05) is 13.2 Å². The van der Waals surface area contributed by atoms with Crippen LogP contribution in [0.4, 0.5) is 0 Å². The standard InChI is InChI=1S/C14H20O2/c1-3-7-12(2)10-16-11-14(15)13-8-5-4-6-9-13/h4-6,8-9,12H,3,7,10-11H2,1-2H3. The van der Waals surface area contributed by atoms with Gasteiger partial charge in [0.2, 0.25) is 0 Å². The molecule has 0 radical (unpaired) electrons. The van der Waals surface area contributed by atoms with Crippen LogP contribution in [0.3, 0.4) is 0 Å². The van der Waals surface area contributed by atoms with Crippen LogP contribution in [0.15, 0.2) is 30.3 Å². The molecule has 0 fully saturated rings. The Hall–Kier alpha value is -1.15. The minimum Gasteiger partial charge on any atom is -0.373 e. The van der Waals surface area contributed by atoms with Crippen molar-refractivity contribution >= 4 is 5.78 Å². The number of ether oxygens (including phenoxy) is 1. The van der Waals surface area contributed by atoms with E-state index in [2.05, 4.69) is 13.8 Å². The molecule has 0 saturated heterocycles. The average Bonchev–Trinajstić information content (AvgIpc) is 2.30. The molecule has 0 heterocycles. The van der Waals surface area contributed by atoms with Crippen LogP contribution in [0.1, 0.15) is 37.0 Å². The zero-order valence-corrected chi connectivity index (χ0v) is 10.1. The monoisotopic (exact) mass is 220 g/mol. The molecule has 88 valence electrons. The molecule has 0 aliphatic heterocycles. The van der Waals surface area contributed by atoms with E-state index in [0.29, 0.717) is 12.5 Å². The van der Waals surface area contributed by atoms with Gasteiger partial charge in [-0.15, -0.1) is 0 Å². The van der Waals surface area contributed by atoms with Crippen LogP contribution < -0.4 is 0 Å². The Morgan fingerprint density at radius 2 is 2.00 bits per heavy atom. The second-order valence-electron chi connectivity index (χ2n) is 4.20. The number of Topliss-reactive ketones (excluding diaryl/α,β-unsaturated/α-hetero) is 1. The van der Waals surface area contributed by atoms with Gasteiger partial charge in [0.1, 0.15) is 6.61 Å². The molecule has 0 N–H and O–H groups in total. The van der Waals surface area contributed by atoms with Gasteiger partial charge in [0.25, 0.3) is 0 Å². The highest BCUT2D eigenvalue weighted by Gasteiger charge is 2.06. The van der Waals surface area contributed by atoms with E-state index >= 15 is 0 Å². The fraction of sp³-hybridized carbons (Fsp3) is 0.500. The molecule has 0 saturated carbocycles. The van der Waals surface area contributed by atoms with E-state index in [0.717, 1.165) is 18.4 Å². The number of hydrogen-bond acceptors (Lipinski definition) is 2. The van der Waals surface area contributed by atoms with E-state index < -0.39 is 0 Å². The molecule has 1 atom stereocenters. The third-order valence-corrected chi connectivity index (χ3v) is 2.51. The summed E-state index contributed by atoms with van der Waals surface area (Å²) in [6, 6.07) is 9.28. The molecule has 0 aromatic heterocycles. The average molecular weight is 220 g/mol. The van der Waals surface area contributed by atoms with Crippen LogP contribution in [-0.4, -0.2) is 19.0 Å². The van der Waals surface area contributed by atoms with Crippen molar-refractivity contribution in [1.29, 1.82) is 0 Å². The summed E-state index contributed by atoms with van der Waals surface area (Å²) in [7, 11) is 0. The molecule has 0 amide bonds. The minimum absolute atomic E-state index is 0.0595. The fourth-order valence-electron chi connectivity index (χ4n) is 1.64. The Balaban J connectivity index is 2.26. The lowest BCUT2D eigenvalue weighted by atomic mass is 10.1. The van der Waals surface area contributed by atoms with Crippen molar-refractivity contribution in [3.8, 4) is 0 Å². The predicted octanol–water partition coefficient (Wildman–Crippen LogP) is 3.32. The number of rotatable bonds is 7. The van der Waals surface area contributed by atoms with Gasteiger partial charge >= 0.3 is 0 Å². The van der Waals surface area contributed by atoms with Crippen LogP contribution in [-0.2, 0) is 4.74 Å². The second kappa shape index (κ2) is 7.18. The Bertz CT molecular complexity index is 306. The summed E-state index contributed by atoms with van der Waals surface area (Å²) in [4.78, 5) is 11.7. The van der Waals surface area contributed by atoms with Gasteiger partial charge in [-0.2, -0.15) is 0 Å². The third kappa shape index (κ3) is 4.58. The number of benzene rings is 1. The van der Waals surface area contributed by atoms with Gasteiger partial charge in [0, 0.05) is 12.2 Å². The summed E-state index contributed by atoms with van der Waals surface area (Å²) >= 11 is 0. The predicted molar refractivity (Wildman–Crippen MR) is 65.7 cm³/mol. The Kier molecular flexibility index (Phi) is 5.79. The zero-order chi connectivity index (χ0) is 11.8. The Labute approximate surface area is 97.6 Å². The van der Waals surface area contributed by atoms with Crippen LogP contribution in [0.25, 0.3) is 0 Å². The molecule has 0 spiro atoms. The first-order chi connectivity index (χ1) is 7.74. The van der Waals surface area contributed by atoms with Crippen LogP contribution >= 0.6 is 0 Å². The summed E-state index contributed by atoms with van der Waals surface area (Å²) in [6.45, 7) is 5.17. The molecule has 2 heteroatoms. The van der Waals surface area contributed by atoms with Crippen LogP contribution in [0.5, 0.6) is 0 Å². The van der Waals surface area contributed by atoms with Crippen LogP contribution in [0, 0.1) is 5.92 Å². The van der Waals surface area contributed by atoms with E-state index in [9.17, 15) is 4.79 Å². The summed E-state index contributed by atoms with van der Waals surface area (Å²) in [6.07, 6.45) is 2.32. The molecular weight excluding hydrogens is 200 g/mol. The van der Waals surface area contributed by atoms with E-state index in [-0.39, 0.29) is 12.4 Å². The fourth-order valence-corrected chi connectivity index (χ4v) is 1.64. The molecule has 1 unspecified atom stereocenters. The number of ketones is 1. The molecule has 0 aliphatic carbocycles. The topological polar surface area (TPSA) is 26.3 Å². The highest BCUT2D eigenvalue weighted by atomic mass is 16.5. The number of carbonyl (C=O) groups excluding carboxylic acids is 1. The highest BCUT2D eigenvalue weighted by Crippen LogP contribution is 2.06. The first-order valence-corrected chi connectivity index (χ1v) is 5.90. The first-order valence-electron chi connectivity index (χ1n) is 5.90. The van der Waals surface area contributed by atoms with Crippen molar-refractivity contribution in [3.05, 3.63) is 35.9 Å². The molecule has 0 aliphatic rings. The van der Waals surface area contributed by atoms with Gasteiger partial charge in [0.05, 0.1) is 0 Å². The maximum Gasteiger partial charge on any atom is 0.188 e. The van der Waals surface area contributed by atoms with Crippen molar-refractivity contribution in [2.45, 2.75) is 26.7 Å². The molecule has 1 aromatic carbocycles. The summed E-state index contributed by atoms with van der Waals surface area (Å²) in [5.41, 5.74) is 0.727. The lowest BCUT2D eigenvalue weighted by molar-refractivity contribution is 0.0683. The maximum absolute atomic E-state index is 11.7. The SMILES string of the molecule is CCCC(C)COCC(=O)c1ccccc1. The number of hydrogen-bond donors (Lipinski definition) is 0. The number of carbonyl (C=O) groups is 1. The molecule has 1 rings (SSSR count). The third-order valence-electron chi connectivity index (χ3n) is 2.51. The van der Waals surface area contributed by atoms with Gasteiger partial charge in [-0.25, -0.2) is 0 Å². The molecule has 2 nitrogen and oxygen atoms in total. The van der Waals surface area contributed by atoms with Gasteiger partial charge in [-0.3, -0.25) is 4.79 Å². The summed E-state index contributed by atoms with van der Waals surface area (Å²) < 4.78 is 5.41. The molecule has 0 bridgehead atoms. The zero-order valence-electron chi connectivity index (χ0n) is 10.1. The Morgan fingerprint density at radius 1 is 1.31 bits per heavy atom. The smallest absolute Gasteiger partial charge is 0.188 e. The van der Waals surface area contributed by atoms with Crippen LogP contribution in [0.2, 0.25) is 0 Å². The van der Waals surface area contributed by atoms with Crippen molar-refractivity contribution in [2.24, 2.45) is 5.92 Å². The molecule has 16 heavy (non-hydrogen) atoms. The van der Waals surface area contributed by atoms with Gasteiger partial charge in [0.15, 0.2) is 5.78 Å². The van der Waals surface area contributed by atoms with Gasteiger partial charge in [-0.05, 0) is 12.3 Å². The van der Waals surface area contributed by atoms with Gasteiger partial charge in [-0.1, -0.05) is 50.6 Å². The minimum atomic E-state index is 0.0595. The normalized spacial score (nSPS) is 12.4. The van der Waals surface area contributed by atoms with Crippen molar-refractivity contribution in [1.82, 2.24) is 0 Å². The lowest BCUT2D eigenvalue weighted by Crippen LogP contribution is -2.13. The maximum atomic E-state index is 11.7. The lowest BCUT2D eigenvalue weighted by Gasteiger charge is -2.10. The van der Waals surface area contributed by atoms with E-state index in [1.54, 1.807) is 0 Å². The largest absolute Gasteiger partial charge is 0.373 e. The van der Waals surface area contributed by atoms with E-state index in [1.807, 2.05) is 30.3 Å². The highest BCUT2D eigenvalue weighted by molar-refractivity contribution is 5.96. The van der Waals surface area contributed by atoms with Crippen molar-refractivity contribution < 1.29 is 9.53 Å². The first kappa shape index (κ1) is 12.9. The second-order valence-corrected chi connectivity index (χ2v) is 4.20. The quantitative estimate of drug-likeness (QED) is 0.659. The molecule has 1 aromatic rings. The van der Waals surface area contributed by atoms with Gasteiger partial charge < -0.3 is 4.74 Å².